The number of anilines is 2. The van der Waals surface area contributed by atoms with Crippen molar-refractivity contribution < 1.29 is 19.1 Å². The number of carbonyl (C=O) groups excluding carboxylic acids is 2. The molecule has 1 aliphatic heterocycles. The van der Waals surface area contributed by atoms with E-state index in [0.717, 1.165) is 16.9 Å². The SMILES string of the molecule is O=C(Nc1ccc2c(c1)N(CCCOc1ccc(Cl)cc1)C(=O)CO2)C(c1ccccc1)c1ccccc1. The molecule has 2 amide bonds. The van der Waals surface area contributed by atoms with Gasteiger partial charge in [0.15, 0.2) is 6.61 Å². The van der Waals surface area contributed by atoms with Crippen LogP contribution >= 0.6 is 11.6 Å². The van der Waals surface area contributed by atoms with Gasteiger partial charge in [0.2, 0.25) is 5.91 Å². The molecule has 192 valence electrons. The number of hydrogen-bond acceptors (Lipinski definition) is 4. The van der Waals surface area contributed by atoms with Crippen molar-refractivity contribution in [3.63, 3.8) is 0 Å². The van der Waals surface area contributed by atoms with Gasteiger partial charge in [-0.05, 0) is 60.0 Å². The van der Waals surface area contributed by atoms with Crippen LogP contribution in [0, 0.1) is 0 Å². The zero-order valence-electron chi connectivity index (χ0n) is 20.7. The normalized spacial score (nSPS) is 12.6. The number of benzene rings is 4. The van der Waals surface area contributed by atoms with Crippen LogP contribution in [0.5, 0.6) is 11.5 Å². The Bertz CT molecular complexity index is 1360. The van der Waals surface area contributed by atoms with E-state index in [-0.39, 0.29) is 18.4 Å². The van der Waals surface area contributed by atoms with Gasteiger partial charge in [0.25, 0.3) is 5.91 Å². The summed E-state index contributed by atoms with van der Waals surface area (Å²) in [4.78, 5) is 28.0. The molecular formula is C31H27ClN2O4. The molecule has 1 heterocycles. The summed E-state index contributed by atoms with van der Waals surface area (Å²) in [7, 11) is 0. The van der Waals surface area contributed by atoms with E-state index in [4.69, 9.17) is 21.1 Å². The predicted molar refractivity (Wildman–Crippen MR) is 149 cm³/mol. The van der Waals surface area contributed by atoms with Gasteiger partial charge in [0, 0.05) is 17.3 Å². The van der Waals surface area contributed by atoms with Crippen LogP contribution in [0.25, 0.3) is 0 Å². The van der Waals surface area contributed by atoms with Gasteiger partial charge < -0.3 is 19.7 Å². The number of amides is 2. The van der Waals surface area contributed by atoms with E-state index < -0.39 is 5.92 Å². The van der Waals surface area contributed by atoms with Crippen molar-refractivity contribution in [2.45, 2.75) is 12.3 Å². The Balaban J connectivity index is 1.30. The smallest absolute Gasteiger partial charge is 0.265 e. The van der Waals surface area contributed by atoms with Crippen molar-refractivity contribution in [1.29, 1.82) is 0 Å². The first-order valence-electron chi connectivity index (χ1n) is 12.4. The Morgan fingerprint density at radius 2 is 1.58 bits per heavy atom. The molecule has 6 nitrogen and oxygen atoms in total. The van der Waals surface area contributed by atoms with Crippen molar-refractivity contribution in [2.24, 2.45) is 0 Å². The highest BCUT2D eigenvalue weighted by molar-refractivity contribution is 6.30. The van der Waals surface area contributed by atoms with Crippen LogP contribution in [0.2, 0.25) is 5.02 Å². The second-order valence-electron chi connectivity index (χ2n) is 8.92. The maximum atomic E-state index is 13.5. The fourth-order valence-corrected chi connectivity index (χ4v) is 4.60. The number of fused-ring (bicyclic) bond motifs is 1. The summed E-state index contributed by atoms with van der Waals surface area (Å²) in [6.45, 7) is 0.867. The van der Waals surface area contributed by atoms with Gasteiger partial charge >= 0.3 is 0 Å². The Labute approximate surface area is 226 Å². The number of carbonyl (C=O) groups is 2. The molecule has 38 heavy (non-hydrogen) atoms. The Morgan fingerprint density at radius 1 is 0.921 bits per heavy atom. The minimum absolute atomic E-state index is 0.0269. The topological polar surface area (TPSA) is 67.9 Å². The average molecular weight is 527 g/mol. The van der Waals surface area contributed by atoms with E-state index in [1.165, 1.54) is 0 Å². The lowest BCUT2D eigenvalue weighted by Crippen LogP contribution is -2.40. The molecule has 0 radical (unpaired) electrons. The molecule has 0 spiro atoms. The third kappa shape index (κ3) is 5.98. The highest BCUT2D eigenvalue weighted by atomic mass is 35.5. The van der Waals surface area contributed by atoms with Crippen LogP contribution in [0.1, 0.15) is 23.5 Å². The summed E-state index contributed by atoms with van der Waals surface area (Å²) in [5.41, 5.74) is 3.01. The largest absolute Gasteiger partial charge is 0.494 e. The lowest BCUT2D eigenvalue weighted by Gasteiger charge is -2.30. The summed E-state index contributed by atoms with van der Waals surface area (Å²) >= 11 is 5.92. The Hall–Kier alpha value is -4.29. The maximum Gasteiger partial charge on any atom is 0.265 e. The van der Waals surface area contributed by atoms with E-state index >= 15 is 0 Å². The van der Waals surface area contributed by atoms with Gasteiger partial charge in [0.1, 0.15) is 11.5 Å². The third-order valence-electron chi connectivity index (χ3n) is 6.31. The first-order chi connectivity index (χ1) is 18.6. The minimum Gasteiger partial charge on any atom is -0.494 e. The van der Waals surface area contributed by atoms with Crippen molar-refractivity contribution >= 4 is 34.8 Å². The van der Waals surface area contributed by atoms with Gasteiger partial charge in [-0.3, -0.25) is 9.59 Å². The highest BCUT2D eigenvalue weighted by Gasteiger charge is 2.27. The van der Waals surface area contributed by atoms with Gasteiger partial charge in [-0.25, -0.2) is 0 Å². The molecule has 0 bridgehead atoms. The molecule has 1 aliphatic rings. The molecule has 0 unspecified atom stereocenters. The zero-order valence-corrected chi connectivity index (χ0v) is 21.4. The molecule has 1 N–H and O–H groups in total. The first kappa shape index (κ1) is 25.4. The van der Waals surface area contributed by atoms with Crippen molar-refractivity contribution in [1.82, 2.24) is 0 Å². The number of rotatable bonds is 9. The number of nitrogens with zero attached hydrogens (tertiary/aromatic N) is 1. The van der Waals surface area contributed by atoms with E-state index in [9.17, 15) is 9.59 Å². The van der Waals surface area contributed by atoms with E-state index in [2.05, 4.69) is 5.32 Å². The summed E-state index contributed by atoms with van der Waals surface area (Å²) in [6, 6.07) is 31.9. The summed E-state index contributed by atoms with van der Waals surface area (Å²) in [5.74, 6) is 0.544. The number of nitrogens with one attached hydrogen (secondary N) is 1. The van der Waals surface area contributed by atoms with Gasteiger partial charge in [-0.15, -0.1) is 0 Å². The lowest BCUT2D eigenvalue weighted by atomic mass is 9.90. The van der Waals surface area contributed by atoms with Crippen molar-refractivity contribution in [2.75, 3.05) is 30.0 Å². The molecule has 4 aromatic rings. The Morgan fingerprint density at radius 3 is 2.24 bits per heavy atom. The van der Waals surface area contributed by atoms with Crippen LogP contribution < -0.4 is 19.7 Å². The van der Waals surface area contributed by atoms with E-state index in [0.29, 0.717) is 41.7 Å². The minimum atomic E-state index is -0.479. The van der Waals surface area contributed by atoms with Crippen LogP contribution in [0.4, 0.5) is 11.4 Å². The van der Waals surface area contributed by atoms with Crippen molar-refractivity contribution in [3.8, 4) is 11.5 Å². The molecule has 4 aromatic carbocycles. The molecule has 7 heteroatoms. The van der Waals surface area contributed by atoms with Crippen LogP contribution in [0.15, 0.2) is 103 Å². The van der Waals surface area contributed by atoms with Crippen LogP contribution in [0.3, 0.4) is 0 Å². The fourth-order valence-electron chi connectivity index (χ4n) is 4.47. The molecule has 0 aromatic heterocycles. The predicted octanol–water partition coefficient (Wildman–Crippen LogP) is 6.31. The summed E-state index contributed by atoms with van der Waals surface area (Å²) < 4.78 is 11.4. The molecule has 5 rings (SSSR count). The average Bonchev–Trinajstić information content (AvgIpc) is 2.94. The second-order valence-corrected chi connectivity index (χ2v) is 9.35. The van der Waals surface area contributed by atoms with E-state index in [1.54, 1.807) is 35.2 Å². The molecule has 0 atom stereocenters. The van der Waals surface area contributed by atoms with Gasteiger partial charge in [0.05, 0.1) is 18.2 Å². The number of ether oxygens (including phenoxy) is 2. The number of halogens is 1. The molecular weight excluding hydrogens is 500 g/mol. The van der Waals surface area contributed by atoms with Crippen LogP contribution in [-0.2, 0) is 9.59 Å². The monoisotopic (exact) mass is 526 g/mol. The molecule has 0 saturated heterocycles. The molecule has 0 aliphatic carbocycles. The number of hydrogen-bond donors (Lipinski definition) is 1. The maximum absolute atomic E-state index is 13.5. The van der Waals surface area contributed by atoms with E-state index in [1.807, 2.05) is 72.8 Å². The molecule has 0 saturated carbocycles. The summed E-state index contributed by atoms with van der Waals surface area (Å²) in [5, 5.41) is 3.70. The van der Waals surface area contributed by atoms with Crippen molar-refractivity contribution in [3.05, 3.63) is 119 Å². The summed E-state index contributed by atoms with van der Waals surface area (Å²) in [6.07, 6.45) is 0.620. The Kier molecular flexibility index (Phi) is 7.90. The standard InChI is InChI=1S/C31H27ClN2O4/c32-24-12-15-26(16-13-24)37-19-7-18-34-27-20-25(14-17-28(27)38-21-29(34)35)33-31(36)30(22-8-3-1-4-9-22)23-10-5-2-6-11-23/h1-6,8-17,20,30H,7,18-19,21H2,(H,33,36). The second kappa shape index (κ2) is 11.8. The first-order valence-corrected chi connectivity index (χ1v) is 12.8. The van der Waals surface area contributed by atoms with Crippen LogP contribution in [-0.4, -0.2) is 31.6 Å². The van der Waals surface area contributed by atoms with Gasteiger partial charge in [-0.1, -0.05) is 72.3 Å². The quantitative estimate of drug-likeness (QED) is 0.260. The highest BCUT2D eigenvalue weighted by Crippen LogP contribution is 2.35. The fraction of sp³-hybridized carbons (Fsp3) is 0.161. The molecule has 0 fully saturated rings. The lowest BCUT2D eigenvalue weighted by molar-refractivity contribution is -0.121. The van der Waals surface area contributed by atoms with Gasteiger partial charge in [-0.2, -0.15) is 0 Å². The zero-order chi connectivity index (χ0) is 26.3. The third-order valence-corrected chi connectivity index (χ3v) is 6.56.